The van der Waals surface area contributed by atoms with E-state index in [-0.39, 0.29) is 17.9 Å². The monoisotopic (exact) mass is 408 g/mol. The minimum atomic E-state index is -0.918. The van der Waals surface area contributed by atoms with Crippen molar-refractivity contribution in [1.82, 2.24) is 9.55 Å². The third kappa shape index (κ3) is 4.30. The summed E-state index contributed by atoms with van der Waals surface area (Å²) in [7, 11) is 2.98. The zero-order chi connectivity index (χ0) is 21.7. The molecule has 2 amide bonds. The second-order valence-corrected chi connectivity index (χ2v) is 6.23. The van der Waals surface area contributed by atoms with Gasteiger partial charge in [-0.3, -0.25) is 19.0 Å². The molecule has 154 valence electrons. The Kier molecular flexibility index (Phi) is 6.11. The van der Waals surface area contributed by atoms with Crippen molar-refractivity contribution in [3.63, 3.8) is 0 Å². The predicted octanol–water partition coefficient (Wildman–Crippen LogP) is 1.67. The molecule has 9 heteroatoms. The lowest BCUT2D eigenvalue weighted by Crippen LogP contribution is -2.34. The van der Waals surface area contributed by atoms with Gasteiger partial charge in [0, 0.05) is 17.8 Å². The lowest BCUT2D eigenvalue weighted by Gasteiger charge is -2.15. The molecule has 1 heterocycles. The molecule has 3 aromatic rings. The zero-order valence-electron chi connectivity index (χ0n) is 16.4. The van der Waals surface area contributed by atoms with Crippen molar-refractivity contribution in [2.75, 3.05) is 19.5 Å². The highest BCUT2D eigenvalue weighted by atomic mass is 16.5. The van der Waals surface area contributed by atoms with Gasteiger partial charge in [0.25, 0.3) is 11.5 Å². The molecule has 1 aromatic heterocycles. The molecule has 0 aliphatic heterocycles. The number of aromatic nitrogens is 2. The number of rotatable bonds is 7. The van der Waals surface area contributed by atoms with Gasteiger partial charge in [0.15, 0.2) is 0 Å². The second-order valence-electron chi connectivity index (χ2n) is 6.23. The van der Waals surface area contributed by atoms with Gasteiger partial charge in [-0.1, -0.05) is 30.3 Å². The standard InChI is InChI=1S/C21H20N4O5/c1-29-14-8-9-16(17(10-14)30-2)24-18(26)12-25-20(13-6-4-3-5-7-13)23-11-15(19(22)27)21(25)28/h3-11H,12H2,1-2H3,(H2,22,27)(H,24,26). The molecule has 2 aromatic carbocycles. The van der Waals surface area contributed by atoms with Crippen molar-refractivity contribution >= 4 is 17.5 Å². The van der Waals surface area contributed by atoms with Crippen molar-refractivity contribution in [2.45, 2.75) is 6.54 Å². The van der Waals surface area contributed by atoms with E-state index >= 15 is 0 Å². The van der Waals surface area contributed by atoms with E-state index in [1.165, 1.54) is 14.2 Å². The smallest absolute Gasteiger partial charge is 0.267 e. The Morgan fingerprint density at radius 2 is 1.83 bits per heavy atom. The van der Waals surface area contributed by atoms with Crippen molar-refractivity contribution in [1.29, 1.82) is 0 Å². The number of carbonyl (C=O) groups is 2. The van der Waals surface area contributed by atoms with Gasteiger partial charge in [-0.2, -0.15) is 0 Å². The summed E-state index contributed by atoms with van der Waals surface area (Å²) in [6.07, 6.45) is 1.12. The number of nitrogens with zero attached hydrogens (tertiary/aromatic N) is 2. The van der Waals surface area contributed by atoms with E-state index in [4.69, 9.17) is 15.2 Å². The van der Waals surface area contributed by atoms with Gasteiger partial charge in [0.2, 0.25) is 5.91 Å². The summed E-state index contributed by atoms with van der Waals surface area (Å²) < 4.78 is 11.5. The molecule has 0 bridgehead atoms. The highest BCUT2D eigenvalue weighted by Gasteiger charge is 2.18. The average molecular weight is 408 g/mol. The van der Waals surface area contributed by atoms with Crippen LogP contribution in [0, 0.1) is 0 Å². The molecule has 0 aliphatic carbocycles. The number of hydrogen-bond donors (Lipinski definition) is 2. The first-order valence-electron chi connectivity index (χ1n) is 8.91. The van der Waals surface area contributed by atoms with Crippen LogP contribution < -0.4 is 26.1 Å². The molecule has 0 atom stereocenters. The van der Waals surface area contributed by atoms with Crippen LogP contribution in [-0.2, 0) is 11.3 Å². The lowest BCUT2D eigenvalue weighted by atomic mass is 10.2. The van der Waals surface area contributed by atoms with E-state index < -0.39 is 17.4 Å². The van der Waals surface area contributed by atoms with Gasteiger partial charge in [-0.15, -0.1) is 0 Å². The first-order valence-corrected chi connectivity index (χ1v) is 8.91. The largest absolute Gasteiger partial charge is 0.497 e. The van der Waals surface area contributed by atoms with Crippen molar-refractivity contribution in [3.8, 4) is 22.9 Å². The van der Waals surface area contributed by atoms with Gasteiger partial charge in [-0.25, -0.2) is 4.98 Å². The van der Waals surface area contributed by atoms with E-state index in [1.807, 2.05) is 6.07 Å². The summed E-state index contributed by atoms with van der Waals surface area (Å²) in [6, 6.07) is 13.7. The van der Waals surface area contributed by atoms with Crippen molar-refractivity contribution in [2.24, 2.45) is 5.73 Å². The van der Waals surface area contributed by atoms with E-state index in [0.717, 1.165) is 10.8 Å². The summed E-state index contributed by atoms with van der Waals surface area (Å²) in [6.45, 7) is -0.383. The van der Waals surface area contributed by atoms with Crippen LogP contribution in [0.3, 0.4) is 0 Å². The van der Waals surface area contributed by atoms with Crippen LogP contribution in [0.1, 0.15) is 10.4 Å². The van der Waals surface area contributed by atoms with E-state index in [0.29, 0.717) is 22.7 Å². The van der Waals surface area contributed by atoms with Crippen LogP contribution in [0.2, 0.25) is 0 Å². The number of anilines is 1. The SMILES string of the molecule is COc1ccc(NC(=O)Cn2c(-c3ccccc3)ncc(C(N)=O)c2=O)c(OC)c1. The highest BCUT2D eigenvalue weighted by Crippen LogP contribution is 2.29. The topological polar surface area (TPSA) is 126 Å². The first kappa shape index (κ1) is 20.6. The second kappa shape index (κ2) is 8.91. The first-order chi connectivity index (χ1) is 14.4. The summed E-state index contributed by atoms with van der Waals surface area (Å²) in [5, 5.41) is 2.69. The fourth-order valence-electron chi connectivity index (χ4n) is 2.86. The van der Waals surface area contributed by atoms with Crippen LogP contribution in [0.15, 0.2) is 59.5 Å². The minimum Gasteiger partial charge on any atom is -0.497 e. The van der Waals surface area contributed by atoms with Gasteiger partial charge >= 0.3 is 0 Å². The number of benzene rings is 2. The molecule has 30 heavy (non-hydrogen) atoms. The number of hydrogen-bond acceptors (Lipinski definition) is 6. The Balaban J connectivity index is 1.97. The number of methoxy groups -OCH3 is 2. The molecular weight excluding hydrogens is 388 g/mol. The molecule has 0 unspecified atom stereocenters. The van der Waals surface area contributed by atoms with Crippen LogP contribution in [-0.4, -0.2) is 35.6 Å². The maximum atomic E-state index is 12.8. The Bertz CT molecular complexity index is 1140. The number of ether oxygens (including phenoxy) is 2. The average Bonchev–Trinajstić information content (AvgIpc) is 2.75. The Labute approximate surface area is 172 Å². The molecule has 0 saturated carbocycles. The molecular formula is C21H20N4O5. The third-order valence-electron chi connectivity index (χ3n) is 4.33. The van der Waals surface area contributed by atoms with Crippen LogP contribution in [0.5, 0.6) is 11.5 Å². The maximum Gasteiger partial charge on any atom is 0.267 e. The number of amides is 2. The predicted molar refractivity (Wildman–Crippen MR) is 111 cm³/mol. The van der Waals surface area contributed by atoms with E-state index in [1.54, 1.807) is 42.5 Å². The number of carbonyl (C=O) groups excluding carboxylic acids is 2. The zero-order valence-corrected chi connectivity index (χ0v) is 16.4. The Hall–Kier alpha value is -4.14. The molecule has 0 spiro atoms. The maximum absolute atomic E-state index is 12.8. The summed E-state index contributed by atoms with van der Waals surface area (Å²) in [5.74, 6) is -0.241. The molecule has 0 aliphatic rings. The quantitative estimate of drug-likeness (QED) is 0.612. The molecule has 9 nitrogen and oxygen atoms in total. The van der Waals surface area contributed by atoms with Crippen LogP contribution in [0.25, 0.3) is 11.4 Å². The van der Waals surface area contributed by atoms with E-state index in [2.05, 4.69) is 10.3 Å². The van der Waals surface area contributed by atoms with Crippen molar-refractivity contribution in [3.05, 3.63) is 70.6 Å². The van der Waals surface area contributed by atoms with Gasteiger partial charge in [-0.05, 0) is 12.1 Å². The number of nitrogens with two attached hydrogens (primary N) is 1. The molecule has 3 rings (SSSR count). The summed E-state index contributed by atoms with van der Waals surface area (Å²) in [4.78, 5) is 41.3. The molecule has 3 N–H and O–H groups in total. The van der Waals surface area contributed by atoms with Crippen molar-refractivity contribution < 1.29 is 19.1 Å². The van der Waals surface area contributed by atoms with E-state index in [9.17, 15) is 14.4 Å². The van der Waals surface area contributed by atoms with Gasteiger partial charge < -0.3 is 20.5 Å². The Morgan fingerprint density at radius 1 is 1.10 bits per heavy atom. The molecule has 0 saturated heterocycles. The van der Waals surface area contributed by atoms with Crippen LogP contribution in [0.4, 0.5) is 5.69 Å². The lowest BCUT2D eigenvalue weighted by molar-refractivity contribution is -0.116. The fourth-order valence-corrected chi connectivity index (χ4v) is 2.86. The number of primary amides is 1. The summed E-state index contributed by atoms with van der Waals surface area (Å²) >= 11 is 0. The van der Waals surface area contributed by atoms with Gasteiger partial charge in [0.05, 0.1) is 19.9 Å². The number of nitrogens with one attached hydrogen (secondary N) is 1. The molecule has 0 radical (unpaired) electrons. The fraction of sp³-hybridized carbons (Fsp3) is 0.143. The normalized spacial score (nSPS) is 10.3. The third-order valence-corrected chi connectivity index (χ3v) is 4.33. The minimum absolute atomic E-state index is 0.238. The van der Waals surface area contributed by atoms with Crippen LogP contribution >= 0.6 is 0 Å². The van der Waals surface area contributed by atoms with Gasteiger partial charge in [0.1, 0.15) is 29.4 Å². The summed E-state index contributed by atoms with van der Waals surface area (Å²) in [5.41, 5.74) is 5.28. The Morgan fingerprint density at radius 3 is 2.47 bits per heavy atom. The molecule has 0 fully saturated rings. The highest BCUT2D eigenvalue weighted by molar-refractivity contribution is 5.94.